The predicted octanol–water partition coefficient (Wildman–Crippen LogP) is 5.28. The van der Waals surface area contributed by atoms with Crippen molar-refractivity contribution in [3.63, 3.8) is 0 Å². The monoisotopic (exact) mass is 360 g/mol. The maximum atomic E-state index is 5.99. The highest BCUT2D eigenvalue weighted by Crippen LogP contribution is 2.25. The van der Waals surface area contributed by atoms with Crippen molar-refractivity contribution in [2.45, 2.75) is 0 Å². The van der Waals surface area contributed by atoms with Crippen molar-refractivity contribution in [3.05, 3.63) is 64.8 Å². The first kappa shape index (κ1) is 16.4. The Morgan fingerprint density at radius 1 is 0.917 bits per heavy atom. The summed E-state index contributed by atoms with van der Waals surface area (Å²) in [6.07, 6.45) is 1.66. The molecule has 0 radical (unpaired) electrons. The summed E-state index contributed by atoms with van der Waals surface area (Å²) in [6, 6.07) is 14.5. The third-order valence-electron chi connectivity index (χ3n) is 3.12. The van der Waals surface area contributed by atoms with Gasteiger partial charge in [0.15, 0.2) is 0 Å². The number of nitrogens with one attached hydrogen (secondary N) is 2. The van der Waals surface area contributed by atoms with Gasteiger partial charge < -0.3 is 15.4 Å². The van der Waals surface area contributed by atoms with Crippen LogP contribution in [0.1, 0.15) is 0 Å². The molecular formula is C17H14Cl2N4O. The number of hydrogen-bond donors (Lipinski definition) is 2. The highest BCUT2D eigenvalue weighted by atomic mass is 35.5. The number of benzene rings is 2. The predicted molar refractivity (Wildman–Crippen MR) is 98.1 cm³/mol. The quantitative estimate of drug-likeness (QED) is 0.648. The molecule has 7 heteroatoms. The van der Waals surface area contributed by atoms with Crippen LogP contribution >= 0.6 is 23.2 Å². The van der Waals surface area contributed by atoms with E-state index in [0.717, 1.165) is 11.4 Å². The molecule has 0 fully saturated rings. The second-order valence-electron chi connectivity index (χ2n) is 4.91. The summed E-state index contributed by atoms with van der Waals surface area (Å²) in [5.41, 5.74) is 1.58. The van der Waals surface area contributed by atoms with Crippen LogP contribution in [0.4, 0.5) is 23.1 Å². The molecule has 0 atom stereocenters. The van der Waals surface area contributed by atoms with Crippen LogP contribution in [0, 0.1) is 0 Å². The number of ether oxygens (including phenoxy) is 1. The van der Waals surface area contributed by atoms with E-state index in [4.69, 9.17) is 27.9 Å². The van der Waals surface area contributed by atoms with Crippen LogP contribution in [-0.4, -0.2) is 17.1 Å². The molecule has 5 nitrogen and oxygen atoms in total. The van der Waals surface area contributed by atoms with Gasteiger partial charge in [0.2, 0.25) is 5.95 Å². The second-order valence-corrected chi connectivity index (χ2v) is 5.78. The molecule has 3 rings (SSSR count). The maximum absolute atomic E-state index is 5.99. The van der Waals surface area contributed by atoms with E-state index in [2.05, 4.69) is 20.6 Å². The average molecular weight is 361 g/mol. The fraction of sp³-hybridized carbons (Fsp3) is 0.0588. The number of anilines is 4. The first-order chi connectivity index (χ1) is 11.6. The van der Waals surface area contributed by atoms with E-state index in [-0.39, 0.29) is 0 Å². The van der Waals surface area contributed by atoms with Crippen molar-refractivity contribution in [1.29, 1.82) is 0 Å². The minimum Gasteiger partial charge on any atom is -0.497 e. The molecular weight excluding hydrogens is 347 g/mol. The summed E-state index contributed by atoms with van der Waals surface area (Å²) in [5.74, 6) is 1.84. The van der Waals surface area contributed by atoms with Gasteiger partial charge in [0.1, 0.15) is 11.6 Å². The Hall–Kier alpha value is -2.50. The van der Waals surface area contributed by atoms with E-state index >= 15 is 0 Å². The van der Waals surface area contributed by atoms with Gasteiger partial charge in [-0.05, 0) is 36.4 Å². The SMILES string of the molecule is COc1cccc(Nc2ccnc(Nc3cc(Cl)cc(Cl)c3)n2)c1. The molecule has 1 aromatic heterocycles. The van der Waals surface area contributed by atoms with Crippen molar-refractivity contribution in [2.24, 2.45) is 0 Å². The summed E-state index contributed by atoms with van der Waals surface area (Å²) in [4.78, 5) is 8.61. The maximum Gasteiger partial charge on any atom is 0.229 e. The van der Waals surface area contributed by atoms with Gasteiger partial charge in [-0.15, -0.1) is 0 Å². The van der Waals surface area contributed by atoms with E-state index in [9.17, 15) is 0 Å². The lowest BCUT2D eigenvalue weighted by atomic mass is 10.3. The van der Waals surface area contributed by atoms with Gasteiger partial charge in [-0.3, -0.25) is 0 Å². The molecule has 0 saturated heterocycles. The molecule has 3 aromatic rings. The molecule has 0 unspecified atom stereocenters. The van der Waals surface area contributed by atoms with Gasteiger partial charge in [-0.25, -0.2) is 4.98 Å². The molecule has 0 spiro atoms. The standard InChI is InChI=1S/C17H14Cl2N4O/c1-24-15-4-2-3-13(10-15)21-16-5-6-20-17(23-16)22-14-8-11(18)7-12(19)9-14/h2-10H,1H3,(H2,20,21,22,23). The van der Waals surface area contributed by atoms with Crippen molar-refractivity contribution < 1.29 is 4.74 Å². The Morgan fingerprint density at radius 2 is 1.71 bits per heavy atom. The van der Waals surface area contributed by atoms with Crippen LogP contribution in [0.25, 0.3) is 0 Å². The van der Waals surface area contributed by atoms with Gasteiger partial charge in [0.05, 0.1) is 7.11 Å². The lowest BCUT2D eigenvalue weighted by Gasteiger charge is -2.10. The Kier molecular flexibility index (Phi) is 5.03. The van der Waals surface area contributed by atoms with Crippen LogP contribution in [0.3, 0.4) is 0 Å². The number of nitrogens with zero attached hydrogens (tertiary/aromatic N) is 2. The third-order valence-corrected chi connectivity index (χ3v) is 3.55. The van der Waals surface area contributed by atoms with E-state index in [1.54, 1.807) is 37.6 Å². The van der Waals surface area contributed by atoms with Crippen LogP contribution in [0.5, 0.6) is 5.75 Å². The Labute approximate surface area is 149 Å². The lowest BCUT2D eigenvalue weighted by Crippen LogP contribution is -2.00. The number of methoxy groups -OCH3 is 1. The van der Waals surface area contributed by atoms with E-state index < -0.39 is 0 Å². The first-order valence-corrected chi connectivity index (χ1v) is 7.85. The number of aromatic nitrogens is 2. The van der Waals surface area contributed by atoms with Gasteiger partial charge >= 0.3 is 0 Å². The molecule has 2 N–H and O–H groups in total. The largest absolute Gasteiger partial charge is 0.497 e. The molecule has 0 saturated carbocycles. The molecule has 122 valence electrons. The first-order valence-electron chi connectivity index (χ1n) is 7.09. The Balaban J connectivity index is 1.78. The summed E-state index contributed by atoms with van der Waals surface area (Å²) in [5, 5.41) is 7.36. The van der Waals surface area contributed by atoms with Gasteiger partial charge in [0, 0.05) is 33.7 Å². The number of hydrogen-bond acceptors (Lipinski definition) is 5. The zero-order valence-electron chi connectivity index (χ0n) is 12.8. The van der Waals surface area contributed by atoms with Gasteiger partial charge in [-0.2, -0.15) is 4.98 Å². The molecule has 0 aliphatic rings. The van der Waals surface area contributed by atoms with Crippen molar-refractivity contribution in [1.82, 2.24) is 9.97 Å². The van der Waals surface area contributed by atoms with Crippen molar-refractivity contribution in [2.75, 3.05) is 17.7 Å². The fourth-order valence-electron chi connectivity index (χ4n) is 2.09. The van der Waals surface area contributed by atoms with Gasteiger partial charge in [0.25, 0.3) is 0 Å². The van der Waals surface area contributed by atoms with E-state index in [0.29, 0.717) is 27.5 Å². The Bertz CT molecular complexity index is 837. The summed E-state index contributed by atoms with van der Waals surface area (Å²) < 4.78 is 5.21. The zero-order valence-corrected chi connectivity index (χ0v) is 14.3. The second kappa shape index (κ2) is 7.38. The average Bonchev–Trinajstić information content (AvgIpc) is 2.54. The molecule has 0 aliphatic heterocycles. The van der Waals surface area contributed by atoms with Gasteiger partial charge in [-0.1, -0.05) is 29.3 Å². The number of halogens is 2. The Morgan fingerprint density at radius 3 is 2.46 bits per heavy atom. The van der Waals surface area contributed by atoms with Crippen LogP contribution in [0.15, 0.2) is 54.7 Å². The topological polar surface area (TPSA) is 59.1 Å². The highest BCUT2D eigenvalue weighted by molar-refractivity contribution is 6.35. The molecule has 0 aliphatic carbocycles. The fourth-order valence-corrected chi connectivity index (χ4v) is 2.62. The van der Waals surface area contributed by atoms with Crippen LogP contribution in [0.2, 0.25) is 10.0 Å². The zero-order chi connectivity index (χ0) is 16.9. The van der Waals surface area contributed by atoms with Crippen molar-refractivity contribution in [3.8, 4) is 5.75 Å². The summed E-state index contributed by atoms with van der Waals surface area (Å²) >= 11 is 12.0. The highest BCUT2D eigenvalue weighted by Gasteiger charge is 2.04. The smallest absolute Gasteiger partial charge is 0.229 e. The minimum absolute atomic E-state index is 0.432. The molecule has 2 aromatic carbocycles. The summed E-state index contributed by atoms with van der Waals surface area (Å²) in [6.45, 7) is 0. The number of rotatable bonds is 5. The molecule has 0 bridgehead atoms. The molecule has 0 amide bonds. The van der Waals surface area contributed by atoms with Crippen LogP contribution in [-0.2, 0) is 0 Å². The summed E-state index contributed by atoms with van der Waals surface area (Å²) in [7, 11) is 1.63. The van der Waals surface area contributed by atoms with E-state index in [1.807, 2.05) is 24.3 Å². The normalized spacial score (nSPS) is 10.3. The minimum atomic E-state index is 0.432. The molecule has 1 heterocycles. The third kappa shape index (κ3) is 4.28. The lowest BCUT2D eigenvalue weighted by molar-refractivity contribution is 0.415. The van der Waals surface area contributed by atoms with Crippen molar-refractivity contribution >= 4 is 46.3 Å². The molecule has 24 heavy (non-hydrogen) atoms. The van der Waals surface area contributed by atoms with Crippen LogP contribution < -0.4 is 15.4 Å². The van der Waals surface area contributed by atoms with E-state index in [1.165, 1.54) is 0 Å².